The van der Waals surface area contributed by atoms with Crippen molar-refractivity contribution in [2.24, 2.45) is 0 Å². The highest BCUT2D eigenvalue weighted by Crippen LogP contribution is 2.26. The minimum atomic E-state index is 0.291. The largest absolute Gasteiger partial charge is 0.385 e. The highest BCUT2D eigenvalue weighted by Gasteiger charge is 2.06. The standard InChI is InChI=1S/C11H14ClN3OS/c1-16-6-3-2-5-13-9-8-4-7-17-10(8)15-11(12)14-9/h4,7H,2-3,5-6H2,1H3,(H,13,14,15). The molecule has 0 aliphatic rings. The summed E-state index contributed by atoms with van der Waals surface area (Å²) in [5.74, 6) is 0.818. The average Bonchev–Trinajstić information content (AvgIpc) is 2.76. The minimum absolute atomic E-state index is 0.291. The first kappa shape index (κ1) is 12.5. The molecule has 0 aromatic carbocycles. The Kier molecular flexibility index (Phi) is 4.53. The molecular formula is C11H14ClN3OS. The maximum absolute atomic E-state index is 5.87. The van der Waals surface area contributed by atoms with E-state index in [9.17, 15) is 0 Å². The number of methoxy groups -OCH3 is 1. The van der Waals surface area contributed by atoms with Gasteiger partial charge in [0.05, 0.1) is 5.39 Å². The fourth-order valence-electron chi connectivity index (χ4n) is 1.54. The van der Waals surface area contributed by atoms with E-state index in [-0.39, 0.29) is 0 Å². The van der Waals surface area contributed by atoms with Gasteiger partial charge in [-0.05, 0) is 35.9 Å². The van der Waals surface area contributed by atoms with Crippen molar-refractivity contribution in [3.05, 3.63) is 16.7 Å². The lowest BCUT2D eigenvalue weighted by molar-refractivity contribution is 0.194. The van der Waals surface area contributed by atoms with Crippen LogP contribution >= 0.6 is 22.9 Å². The van der Waals surface area contributed by atoms with Crippen molar-refractivity contribution in [2.75, 3.05) is 25.6 Å². The van der Waals surface area contributed by atoms with Gasteiger partial charge in [0.15, 0.2) is 0 Å². The Hall–Kier alpha value is -0.910. The molecule has 92 valence electrons. The normalized spacial score (nSPS) is 10.9. The number of hydrogen-bond acceptors (Lipinski definition) is 5. The Balaban J connectivity index is 2.00. The van der Waals surface area contributed by atoms with Gasteiger partial charge >= 0.3 is 0 Å². The highest BCUT2D eigenvalue weighted by molar-refractivity contribution is 7.16. The molecule has 2 aromatic rings. The molecule has 0 aliphatic carbocycles. The van der Waals surface area contributed by atoms with Gasteiger partial charge in [-0.1, -0.05) is 0 Å². The van der Waals surface area contributed by atoms with E-state index in [1.165, 1.54) is 0 Å². The molecule has 0 fully saturated rings. The topological polar surface area (TPSA) is 47.0 Å². The molecule has 6 heteroatoms. The molecule has 1 N–H and O–H groups in total. The highest BCUT2D eigenvalue weighted by atomic mass is 35.5. The van der Waals surface area contributed by atoms with Crippen LogP contribution in [0.5, 0.6) is 0 Å². The average molecular weight is 272 g/mol. The second-order valence-corrected chi connectivity index (χ2v) is 4.84. The van der Waals surface area contributed by atoms with Crippen LogP contribution in [-0.2, 0) is 4.74 Å². The van der Waals surface area contributed by atoms with E-state index in [0.717, 1.165) is 42.0 Å². The molecule has 0 saturated heterocycles. The number of unbranched alkanes of at least 4 members (excludes halogenated alkanes) is 1. The molecule has 0 radical (unpaired) electrons. The van der Waals surface area contributed by atoms with Crippen molar-refractivity contribution < 1.29 is 4.74 Å². The predicted octanol–water partition coefficient (Wildman–Crippen LogP) is 3.18. The van der Waals surface area contributed by atoms with E-state index in [1.807, 2.05) is 11.4 Å². The summed E-state index contributed by atoms with van der Waals surface area (Å²) in [7, 11) is 1.71. The van der Waals surface area contributed by atoms with Crippen molar-refractivity contribution in [1.29, 1.82) is 0 Å². The Morgan fingerprint density at radius 3 is 3.12 bits per heavy atom. The smallest absolute Gasteiger partial charge is 0.225 e. The van der Waals surface area contributed by atoms with Gasteiger partial charge in [0.25, 0.3) is 0 Å². The van der Waals surface area contributed by atoms with Crippen LogP contribution in [0.2, 0.25) is 5.28 Å². The molecule has 17 heavy (non-hydrogen) atoms. The second kappa shape index (κ2) is 6.14. The summed E-state index contributed by atoms with van der Waals surface area (Å²) in [5, 5.41) is 6.61. The summed E-state index contributed by atoms with van der Waals surface area (Å²) in [4.78, 5) is 9.30. The summed E-state index contributed by atoms with van der Waals surface area (Å²) in [6.07, 6.45) is 2.08. The lowest BCUT2D eigenvalue weighted by Crippen LogP contribution is -2.05. The number of aromatic nitrogens is 2. The number of thiophene rings is 1. The van der Waals surface area contributed by atoms with Crippen LogP contribution in [-0.4, -0.2) is 30.2 Å². The first-order valence-corrected chi connectivity index (χ1v) is 6.70. The van der Waals surface area contributed by atoms with Crippen molar-refractivity contribution in [2.45, 2.75) is 12.8 Å². The summed E-state index contributed by atoms with van der Waals surface area (Å²) < 4.78 is 5.00. The third-order valence-electron chi connectivity index (χ3n) is 2.37. The fourth-order valence-corrected chi connectivity index (χ4v) is 2.53. The van der Waals surface area contributed by atoms with Crippen LogP contribution in [0, 0.1) is 0 Å². The van der Waals surface area contributed by atoms with Crippen molar-refractivity contribution in [3.8, 4) is 0 Å². The third-order valence-corrected chi connectivity index (χ3v) is 3.34. The Morgan fingerprint density at radius 2 is 2.29 bits per heavy atom. The molecule has 0 atom stereocenters. The molecule has 2 rings (SSSR count). The predicted molar refractivity (Wildman–Crippen MR) is 72.0 cm³/mol. The molecule has 0 aliphatic heterocycles. The maximum Gasteiger partial charge on any atom is 0.225 e. The molecule has 0 unspecified atom stereocenters. The quantitative estimate of drug-likeness (QED) is 0.647. The number of rotatable bonds is 6. The first-order chi connectivity index (χ1) is 8.31. The second-order valence-electron chi connectivity index (χ2n) is 3.61. The number of nitrogens with one attached hydrogen (secondary N) is 1. The number of halogens is 1. The summed E-state index contributed by atoms with van der Waals surface area (Å²) >= 11 is 7.44. The zero-order valence-corrected chi connectivity index (χ0v) is 11.1. The van der Waals surface area contributed by atoms with E-state index in [0.29, 0.717) is 5.28 Å². The van der Waals surface area contributed by atoms with E-state index in [4.69, 9.17) is 16.3 Å². The Morgan fingerprint density at radius 1 is 1.41 bits per heavy atom. The van der Waals surface area contributed by atoms with Crippen molar-refractivity contribution in [3.63, 3.8) is 0 Å². The zero-order chi connectivity index (χ0) is 12.1. The molecule has 2 aromatic heterocycles. The summed E-state index contributed by atoms with van der Waals surface area (Å²) in [5.41, 5.74) is 0. The Labute approximate surface area is 109 Å². The monoisotopic (exact) mass is 271 g/mol. The van der Waals surface area contributed by atoms with Crippen molar-refractivity contribution >= 4 is 39.0 Å². The van der Waals surface area contributed by atoms with Crippen LogP contribution in [0.15, 0.2) is 11.4 Å². The van der Waals surface area contributed by atoms with Gasteiger partial charge in [-0.2, -0.15) is 0 Å². The molecule has 0 spiro atoms. The molecule has 0 amide bonds. The molecule has 0 saturated carbocycles. The first-order valence-electron chi connectivity index (χ1n) is 5.45. The molecule has 0 bridgehead atoms. The van der Waals surface area contributed by atoms with Gasteiger partial charge in [-0.15, -0.1) is 11.3 Å². The van der Waals surface area contributed by atoms with E-state index in [2.05, 4.69) is 15.3 Å². The van der Waals surface area contributed by atoms with Gasteiger partial charge in [0.1, 0.15) is 10.6 Å². The number of hydrogen-bond donors (Lipinski definition) is 1. The van der Waals surface area contributed by atoms with Gasteiger partial charge in [-0.25, -0.2) is 9.97 Å². The van der Waals surface area contributed by atoms with Gasteiger partial charge in [-0.3, -0.25) is 0 Å². The number of anilines is 1. The number of nitrogens with zero attached hydrogens (tertiary/aromatic N) is 2. The van der Waals surface area contributed by atoms with Gasteiger partial charge in [0.2, 0.25) is 5.28 Å². The number of fused-ring (bicyclic) bond motifs is 1. The maximum atomic E-state index is 5.87. The van der Waals surface area contributed by atoms with Crippen molar-refractivity contribution in [1.82, 2.24) is 9.97 Å². The minimum Gasteiger partial charge on any atom is -0.385 e. The molecule has 4 nitrogen and oxygen atoms in total. The van der Waals surface area contributed by atoms with E-state index in [1.54, 1.807) is 18.4 Å². The SMILES string of the molecule is COCCCCNc1nc(Cl)nc2sccc12. The van der Waals surface area contributed by atoms with Crippen LogP contribution < -0.4 is 5.32 Å². The Bertz CT molecular complexity index is 489. The zero-order valence-electron chi connectivity index (χ0n) is 9.57. The van der Waals surface area contributed by atoms with Crippen LogP contribution in [0.25, 0.3) is 10.2 Å². The molecule has 2 heterocycles. The fraction of sp³-hybridized carbons (Fsp3) is 0.455. The lowest BCUT2D eigenvalue weighted by Gasteiger charge is -2.06. The van der Waals surface area contributed by atoms with Gasteiger partial charge in [0, 0.05) is 20.3 Å². The van der Waals surface area contributed by atoms with Crippen LogP contribution in [0.4, 0.5) is 5.82 Å². The lowest BCUT2D eigenvalue weighted by atomic mass is 10.3. The van der Waals surface area contributed by atoms with E-state index < -0.39 is 0 Å². The number of ether oxygens (including phenoxy) is 1. The van der Waals surface area contributed by atoms with Crippen LogP contribution in [0.3, 0.4) is 0 Å². The van der Waals surface area contributed by atoms with Gasteiger partial charge < -0.3 is 10.1 Å². The summed E-state index contributed by atoms with van der Waals surface area (Å²) in [6, 6.07) is 2.01. The molecular weight excluding hydrogens is 258 g/mol. The van der Waals surface area contributed by atoms with E-state index >= 15 is 0 Å². The summed E-state index contributed by atoms with van der Waals surface area (Å²) in [6.45, 7) is 1.65. The van der Waals surface area contributed by atoms with Crippen LogP contribution in [0.1, 0.15) is 12.8 Å². The third kappa shape index (κ3) is 3.28.